The number of aromatic nitrogens is 1. The van der Waals surface area contributed by atoms with Gasteiger partial charge in [-0.15, -0.1) is 0 Å². The molecule has 1 N–H and O–H groups in total. The Bertz CT molecular complexity index is 370. The largest absolute Gasteiger partial charge is 0.393 e. The minimum Gasteiger partial charge on any atom is -0.393 e. The molecule has 0 radical (unpaired) electrons. The third-order valence-electron chi connectivity index (χ3n) is 2.01. The predicted octanol–water partition coefficient (Wildman–Crippen LogP) is 2.07. The van der Waals surface area contributed by atoms with Crippen molar-refractivity contribution in [3.63, 3.8) is 0 Å². The van der Waals surface area contributed by atoms with Crippen LogP contribution in [0.15, 0.2) is 16.7 Å². The second-order valence-electron chi connectivity index (χ2n) is 3.15. The summed E-state index contributed by atoms with van der Waals surface area (Å²) in [5.74, 6) is 0. The zero-order chi connectivity index (χ0) is 11.4. The van der Waals surface area contributed by atoms with Crippen LogP contribution in [0.5, 0.6) is 0 Å². The minimum atomic E-state index is -0.502. The zero-order valence-corrected chi connectivity index (χ0v) is 9.77. The number of nitro groups is 1. The molecule has 0 bridgehead atoms. The lowest BCUT2D eigenvalue weighted by Crippen LogP contribution is -2.10. The predicted molar refractivity (Wildman–Crippen MR) is 58.6 cm³/mol. The Morgan fingerprint density at radius 1 is 1.73 bits per heavy atom. The van der Waals surface area contributed by atoms with E-state index in [9.17, 15) is 15.2 Å². The molecule has 1 heterocycles. The van der Waals surface area contributed by atoms with Crippen molar-refractivity contribution >= 4 is 21.6 Å². The van der Waals surface area contributed by atoms with Gasteiger partial charge in [0.2, 0.25) is 0 Å². The molecule has 15 heavy (non-hydrogen) atoms. The molecule has 0 aliphatic heterocycles. The molecule has 1 unspecified atom stereocenters. The van der Waals surface area contributed by atoms with E-state index >= 15 is 0 Å². The van der Waals surface area contributed by atoms with Crippen molar-refractivity contribution in [2.75, 3.05) is 0 Å². The second kappa shape index (κ2) is 5.18. The van der Waals surface area contributed by atoms with Gasteiger partial charge >= 0.3 is 0 Å². The second-order valence-corrected chi connectivity index (χ2v) is 4.00. The van der Waals surface area contributed by atoms with Gasteiger partial charge in [-0.3, -0.25) is 15.1 Å². The smallest absolute Gasteiger partial charge is 0.288 e. The van der Waals surface area contributed by atoms with Gasteiger partial charge in [-0.05, 0) is 22.4 Å². The van der Waals surface area contributed by atoms with Crippen LogP contribution in [0, 0.1) is 10.1 Å². The highest BCUT2D eigenvalue weighted by molar-refractivity contribution is 9.10. The van der Waals surface area contributed by atoms with Gasteiger partial charge in [0, 0.05) is 17.0 Å². The molecular formula is C9H11BrN2O3. The van der Waals surface area contributed by atoms with Crippen LogP contribution < -0.4 is 0 Å². The fourth-order valence-corrected chi connectivity index (χ4v) is 1.57. The fraction of sp³-hybridized carbons (Fsp3) is 0.444. The van der Waals surface area contributed by atoms with Crippen molar-refractivity contribution in [2.45, 2.75) is 25.9 Å². The highest BCUT2D eigenvalue weighted by atomic mass is 79.9. The normalized spacial score (nSPS) is 12.5. The van der Waals surface area contributed by atoms with Crippen molar-refractivity contribution in [1.82, 2.24) is 4.98 Å². The topological polar surface area (TPSA) is 76.3 Å². The molecule has 1 rings (SSSR count). The lowest BCUT2D eigenvalue weighted by molar-refractivity contribution is -0.385. The molecule has 0 aromatic carbocycles. The summed E-state index contributed by atoms with van der Waals surface area (Å²) in [5.41, 5.74) is 0.576. The number of halogens is 1. The van der Waals surface area contributed by atoms with E-state index in [1.54, 1.807) is 0 Å². The van der Waals surface area contributed by atoms with Crippen LogP contribution in [0.1, 0.15) is 19.0 Å². The molecule has 0 spiro atoms. The summed E-state index contributed by atoms with van der Waals surface area (Å²) in [5, 5.41) is 19.9. The Balaban J connectivity index is 2.88. The summed E-state index contributed by atoms with van der Waals surface area (Å²) in [7, 11) is 0. The highest BCUT2D eigenvalue weighted by Gasteiger charge is 2.12. The SMILES string of the molecule is CCC(O)Cc1ncc([N+](=O)[O-])cc1Br. The van der Waals surface area contributed by atoms with Crippen LogP contribution >= 0.6 is 15.9 Å². The Labute approximate surface area is 95.4 Å². The van der Waals surface area contributed by atoms with Crippen LogP contribution in [-0.4, -0.2) is 21.1 Å². The van der Waals surface area contributed by atoms with Gasteiger partial charge < -0.3 is 5.11 Å². The van der Waals surface area contributed by atoms with Gasteiger partial charge in [0.15, 0.2) is 0 Å². The van der Waals surface area contributed by atoms with E-state index in [-0.39, 0.29) is 5.69 Å². The first-order valence-electron chi connectivity index (χ1n) is 4.51. The Kier molecular flexibility index (Phi) is 4.16. The van der Waals surface area contributed by atoms with E-state index in [0.29, 0.717) is 23.0 Å². The molecule has 82 valence electrons. The first-order chi connectivity index (χ1) is 7.04. The summed E-state index contributed by atoms with van der Waals surface area (Å²) in [4.78, 5) is 13.9. The highest BCUT2D eigenvalue weighted by Crippen LogP contribution is 2.21. The van der Waals surface area contributed by atoms with Gasteiger partial charge in [-0.1, -0.05) is 6.92 Å². The molecule has 1 aromatic heterocycles. The quantitative estimate of drug-likeness (QED) is 0.674. The van der Waals surface area contributed by atoms with Gasteiger partial charge in [0.1, 0.15) is 6.20 Å². The third-order valence-corrected chi connectivity index (χ3v) is 2.70. The number of hydrogen-bond acceptors (Lipinski definition) is 4. The lowest BCUT2D eigenvalue weighted by atomic mass is 10.1. The molecule has 1 atom stereocenters. The van der Waals surface area contributed by atoms with Crippen LogP contribution in [0.25, 0.3) is 0 Å². The third kappa shape index (κ3) is 3.24. The molecule has 0 aliphatic carbocycles. The van der Waals surface area contributed by atoms with E-state index < -0.39 is 11.0 Å². The van der Waals surface area contributed by atoms with Crippen molar-refractivity contribution in [3.05, 3.63) is 32.5 Å². The van der Waals surface area contributed by atoms with E-state index in [1.807, 2.05) is 6.92 Å². The molecule has 0 fully saturated rings. The minimum absolute atomic E-state index is 0.0587. The van der Waals surface area contributed by atoms with Crippen LogP contribution in [0.2, 0.25) is 0 Å². The molecule has 0 amide bonds. The van der Waals surface area contributed by atoms with Gasteiger partial charge in [0.25, 0.3) is 5.69 Å². The summed E-state index contributed by atoms with van der Waals surface area (Å²) >= 11 is 3.20. The maximum absolute atomic E-state index is 10.4. The summed E-state index contributed by atoms with van der Waals surface area (Å²) in [6.45, 7) is 1.87. The lowest BCUT2D eigenvalue weighted by Gasteiger charge is -2.07. The summed E-state index contributed by atoms with van der Waals surface area (Å²) in [6.07, 6.45) is 1.76. The van der Waals surface area contributed by atoms with Crippen molar-refractivity contribution in [2.24, 2.45) is 0 Å². The molecular weight excluding hydrogens is 264 g/mol. The molecule has 0 saturated heterocycles. The van der Waals surface area contributed by atoms with Crippen molar-refractivity contribution in [1.29, 1.82) is 0 Å². The number of rotatable bonds is 4. The molecule has 0 saturated carbocycles. The maximum atomic E-state index is 10.4. The van der Waals surface area contributed by atoms with Gasteiger partial charge in [-0.2, -0.15) is 0 Å². The number of pyridine rings is 1. The van der Waals surface area contributed by atoms with Crippen molar-refractivity contribution in [3.8, 4) is 0 Å². The number of hydrogen-bond donors (Lipinski definition) is 1. The van der Waals surface area contributed by atoms with E-state index in [2.05, 4.69) is 20.9 Å². The number of aliphatic hydroxyl groups is 1. The van der Waals surface area contributed by atoms with Crippen LogP contribution in [-0.2, 0) is 6.42 Å². The Hall–Kier alpha value is -1.01. The molecule has 5 nitrogen and oxygen atoms in total. The first-order valence-corrected chi connectivity index (χ1v) is 5.30. The van der Waals surface area contributed by atoms with Crippen molar-refractivity contribution < 1.29 is 10.0 Å². The number of aliphatic hydroxyl groups excluding tert-OH is 1. The monoisotopic (exact) mass is 274 g/mol. The van der Waals surface area contributed by atoms with E-state index in [1.165, 1.54) is 12.3 Å². The Morgan fingerprint density at radius 2 is 2.40 bits per heavy atom. The standard InChI is InChI=1S/C9H11BrN2O3/c1-2-7(13)4-9-8(10)3-6(5-11-9)12(14)15/h3,5,7,13H,2,4H2,1H3. The fourth-order valence-electron chi connectivity index (χ4n) is 1.07. The number of nitrogens with zero attached hydrogens (tertiary/aromatic N) is 2. The van der Waals surface area contributed by atoms with Gasteiger partial charge in [0.05, 0.1) is 16.7 Å². The van der Waals surface area contributed by atoms with Crippen LogP contribution in [0.4, 0.5) is 5.69 Å². The Morgan fingerprint density at radius 3 is 2.87 bits per heavy atom. The van der Waals surface area contributed by atoms with E-state index in [4.69, 9.17) is 0 Å². The zero-order valence-electron chi connectivity index (χ0n) is 8.18. The van der Waals surface area contributed by atoms with E-state index in [0.717, 1.165) is 0 Å². The molecule has 0 aliphatic rings. The molecule has 6 heteroatoms. The summed E-state index contributed by atoms with van der Waals surface area (Å²) in [6, 6.07) is 1.39. The average molecular weight is 275 g/mol. The first kappa shape index (κ1) is 12.1. The molecule has 1 aromatic rings. The van der Waals surface area contributed by atoms with Crippen LogP contribution in [0.3, 0.4) is 0 Å². The maximum Gasteiger partial charge on any atom is 0.288 e. The average Bonchev–Trinajstić information content (AvgIpc) is 2.20. The summed E-state index contributed by atoms with van der Waals surface area (Å²) < 4.78 is 0.559. The van der Waals surface area contributed by atoms with Gasteiger partial charge in [-0.25, -0.2) is 0 Å².